The number of ether oxygens (including phenoxy) is 2. The maximum absolute atomic E-state index is 12.8. The third kappa shape index (κ3) is 5.75. The Kier molecular flexibility index (Phi) is 7.00. The average molecular weight is 466 g/mol. The molecule has 0 saturated heterocycles. The maximum atomic E-state index is 12.8. The Hall–Kier alpha value is -3.71. The van der Waals surface area contributed by atoms with Gasteiger partial charge in [0, 0.05) is 22.9 Å². The molecule has 0 fully saturated rings. The fraction of sp³-hybridized carbons (Fsp3) is 0.200. The van der Waals surface area contributed by atoms with E-state index in [1.165, 1.54) is 0 Å². The Labute approximate surface area is 197 Å². The van der Waals surface area contributed by atoms with Crippen LogP contribution in [0, 0.1) is 0 Å². The summed E-state index contributed by atoms with van der Waals surface area (Å²) in [4.78, 5) is 26.9. The molecule has 0 bridgehead atoms. The van der Waals surface area contributed by atoms with E-state index in [2.05, 4.69) is 10.6 Å². The van der Waals surface area contributed by atoms with E-state index in [1.54, 1.807) is 54.3 Å². The first kappa shape index (κ1) is 22.5. The van der Waals surface area contributed by atoms with Crippen molar-refractivity contribution >= 4 is 40.6 Å². The van der Waals surface area contributed by atoms with Gasteiger partial charge in [-0.2, -0.15) is 0 Å². The molecule has 4 rings (SSSR count). The topological polar surface area (TPSA) is 79.9 Å². The number of carbonyl (C=O) groups is 2. The van der Waals surface area contributed by atoms with Crippen LogP contribution in [0.25, 0.3) is 0 Å². The minimum Gasteiger partial charge on any atom is -0.494 e. The number of fused-ring (bicyclic) bond motifs is 1. The van der Waals surface area contributed by atoms with Crippen molar-refractivity contribution in [3.8, 4) is 11.5 Å². The molecule has 8 heteroatoms. The van der Waals surface area contributed by atoms with Crippen molar-refractivity contribution < 1.29 is 19.1 Å². The first-order chi connectivity index (χ1) is 16.0. The highest BCUT2D eigenvalue weighted by molar-refractivity contribution is 6.30. The second-order valence-corrected chi connectivity index (χ2v) is 7.97. The van der Waals surface area contributed by atoms with Gasteiger partial charge in [-0.15, -0.1) is 0 Å². The molecule has 2 N–H and O–H groups in total. The lowest BCUT2D eigenvalue weighted by Gasteiger charge is -2.33. The molecule has 1 aliphatic heterocycles. The minimum atomic E-state index is -0.586. The standard InChI is InChI=1S/C25H24ClN3O4/c1-17-24(30)29(13-6-14-32-21-9-3-2-4-10-21)22-16-20(11-12-23(22)33-17)28-25(31)27-19-8-5-7-18(26)15-19/h2-5,7-12,15-17H,6,13-14H2,1H3,(H2,27,28,31). The average Bonchev–Trinajstić information content (AvgIpc) is 2.80. The Bertz CT molecular complexity index is 1140. The molecule has 1 heterocycles. The second-order valence-electron chi connectivity index (χ2n) is 7.54. The summed E-state index contributed by atoms with van der Waals surface area (Å²) in [5.74, 6) is 1.24. The zero-order chi connectivity index (χ0) is 23.2. The van der Waals surface area contributed by atoms with Gasteiger partial charge in [-0.05, 0) is 61.9 Å². The number of nitrogens with zero attached hydrogens (tertiary/aromatic N) is 1. The zero-order valence-corrected chi connectivity index (χ0v) is 18.8. The van der Waals surface area contributed by atoms with Crippen LogP contribution in [0.1, 0.15) is 13.3 Å². The molecule has 1 unspecified atom stereocenters. The number of urea groups is 1. The quantitative estimate of drug-likeness (QED) is 0.447. The van der Waals surface area contributed by atoms with Crippen LogP contribution in [0.2, 0.25) is 5.02 Å². The van der Waals surface area contributed by atoms with Crippen LogP contribution in [0.4, 0.5) is 21.9 Å². The van der Waals surface area contributed by atoms with Crippen LogP contribution in [-0.4, -0.2) is 31.2 Å². The van der Waals surface area contributed by atoms with Crippen LogP contribution in [0.15, 0.2) is 72.8 Å². The summed E-state index contributed by atoms with van der Waals surface area (Å²) in [6.07, 6.45) is 0.0529. The zero-order valence-electron chi connectivity index (χ0n) is 18.1. The number of hydrogen-bond acceptors (Lipinski definition) is 4. The molecule has 170 valence electrons. The van der Waals surface area contributed by atoms with Gasteiger partial charge in [0.25, 0.3) is 5.91 Å². The molecule has 7 nitrogen and oxygen atoms in total. The van der Waals surface area contributed by atoms with Crippen molar-refractivity contribution in [2.24, 2.45) is 0 Å². The Morgan fingerprint density at radius 3 is 2.55 bits per heavy atom. The number of anilines is 3. The minimum absolute atomic E-state index is 0.136. The van der Waals surface area contributed by atoms with Gasteiger partial charge in [0.15, 0.2) is 6.10 Å². The van der Waals surface area contributed by atoms with E-state index >= 15 is 0 Å². The largest absolute Gasteiger partial charge is 0.494 e. The third-order valence-corrected chi connectivity index (χ3v) is 5.28. The number of nitrogens with one attached hydrogen (secondary N) is 2. The van der Waals surface area contributed by atoms with E-state index in [-0.39, 0.29) is 5.91 Å². The predicted molar refractivity (Wildman–Crippen MR) is 130 cm³/mol. The smallest absolute Gasteiger partial charge is 0.323 e. The third-order valence-electron chi connectivity index (χ3n) is 5.05. The lowest BCUT2D eigenvalue weighted by molar-refractivity contribution is -0.125. The van der Waals surface area contributed by atoms with Crippen LogP contribution >= 0.6 is 11.6 Å². The van der Waals surface area contributed by atoms with Crippen LogP contribution in [-0.2, 0) is 4.79 Å². The molecule has 1 aliphatic rings. The van der Waals surface area contributed by atoms with Gasteiger partial charge in [0.2, 0.25) is 0 Å². The number of hydrogen-bond donors (Lipinski definition) is 2. The van der Waals surface area contributed by atoms with E-state index in [4.69, 9.17) is 21.1 Å². The van der Waals surface area contributed by atoms with E-state index < -0.39 is 12.1 Å². The van der Waals surface area contributed by atoms with E-state index in [1.807, 2.05) is 30.3 Å². The lowest BCUT2D eigenvalue weighted by Crippen LogP contribution is -2.45. The van der Waals surface area contributed by atoms with Crippen molar-refractivity contribution in [1.82, 2.24) is 0 Å². The van der Waals surface area contributed by atoms with Crippen molar-refractivity contribution in [3.63, 3.8) is 0 Å². The number of benzene rings is 3. The number of amides is 3. The van der Waals surface area contributed by atoms with Gasteiger partial charge in [0.1, 0.15) is 11.5 Å². The molecule has 0 aliphatic carbocycles. The van der Waals surface area contributed by atoms with Crippen molar-refractivity contribution in [2.45, 2.75) is 19.4 Å². The summed E-state index contributed by atoms with van der Waals surface area (Å²) in [7, 11) is 0. The number of para-hydroxylation sites is 1. The van der Waals surface area contributed by atoms with E-state index in [9.17, 15) is 9.59 Å². The van der Waals surface area contributed by atoms with Gasteiger partial charge < -0.3 is 25.0 Å². The number of rotatable bonds is 7. The number of carbonyl (C=O) groups excluding carboxylic acids is 2. The summed E-state index contributed by atoms with van der Waals surface area (Å²) in [5.41, 5.74) is 1.72. The first-order valence-corrected chi connectivity index (χ1v) is 11.0. The highest BCUT2D eigenvalue weighted by atomic mass is 35.5. The highest BCUT2D eigenvalue weighted by Crippen LogP contribution is 2.36. The summed E-state index contributed by atoms with van der Waals surface area (Å²) in [6.45, 7) is 2.66. The van der Waals surface area contributed by atoms with Crippen LogP contribution < -0.4 is 25.0 Å². The maximum Gasteiger partial charge on any atom is 0.323 e. The summed E-state index contributed by atoms with van der Waals surface area (Å²) in [6, 6.07) is 21.2. The molecular formula is C25H24ClN3O4. The van der Waals surface area contributed by atoms with E-state index in [0.717, 1.165) is 5.75 Å². The lowest BCUT2D eigenvalue weighted by atomic mass is 10.1. The first-order valence-electron chi connectivity index (χ1n) is 10.6. The molecule has 3 amide bonds. The van der Waals surface area contributed by atoms with Gasteiger partial charge >= 0.3 is 6.03 Å². The Balaban J connectivity index is 1.42. The van der Waals surface area contributed by atoms with Gasteiger partial charge in [0.05, 0.1) is 12.3 Å². The molecule has 0 radical (unpaired) electrons. The molecule has 33 heavy (non-hydrogen) atoms. The molecule has 1 atom stereocenters. The fourth-order valence-electron chi connectivity index (χ4n) is 3.50. The van der Waals surface area contributed by atoms with Crippen LogP contribution in [0.3, 0.4) is 0 Å². The monoisotopic (exact) mass is 465 g/mol. The van der Waals surface area contributed by atoms with Crippen LogP contribution in [0.5, 0.6) is 11.5 Å². The molecular weight excluding hydrogens is 442 g/mol. The highest BCUT2D eigenvalue weighted by Gasteiger charge is 2.31. The Morgan fingerprint density at radius 1 is 1.03 bits per heavy atom. The van der Waals surface area contributed by atoms with Gasteiger partial charge in [-0.25, -0.2) is 4.79 Å². The van der Waals surface area contributed by atoms with Crippen molar-refractivity contribution in [1.29, 1.82) is 0 Å². The second kappa shape index (κ2) is 10.3. The summed E-state index contributed by atoms with van der Waals surface area (Å²) < 4.78 is 11.5. The van der Waals surface area contributed by atoms with Crippen molar-refractivity contribution in [3.05, 3.63) is 77.8 Å². The molecule has 3 aromatic rings. The summed E-state index contributed by atoms with van der Waals surface area (Å²) in [5, 5.41) is 6.04. The van der Waals surface area contributed by atoms with Gasteiger partial charge in [-0.1, -0.05) is 35.9 Å². The SMILES string of the molecule is CC1Oc2ccc(NC(=O)Nc3cccc(Cl)c3)cc2N(CCCOc2ccccc2)C1=O. The molecule has 0 saturated carbocycles. The molecule has 3 aromatic carbocycles. The van der Waals surface area contributed by atoms with E-state index in [0.29, 0.717) is 47.4 Å². The number of halogens is 1. The fourth-order valence-corrected chi connectivity index (χ4v) is 3.69. The van der Waals surface area contributed by atoms with Gasteiger partial charge in [-0.3, -0.25) is 4.79 Å². The molecule has 0 aromatic heterocycles. The Morgan fingerprint density at radius 2 is 1.79 bits per heavy atom. The predicted octanol–water partition coefficient (Wildman–Crippen LogP) is 5.57. The molecule has 0 spiro atoms. The van der Waals surface area contributed by atoms with Crippen molar-refractivity contribution in [2.75, 3.05) is 28.7 Å². The summed E-state index contributed by atoms with van der Waals surface area (Å²) >= 11 is 5.96. The normalized spacial score (nSPS) is 14.8.